The van der Waals surface area contributed by atoms with E-state index >= 15 is 0 Å². The van der Waals surface area contributed by atoms with Crippen LogP contribution in [0.3, 0.4) is 0 Å². The first-order valence-corrected chi connectivity index (χ1v) is 7.73. The van der Waals surface area contributed by atoms with Crippen molar-refractivity contribution in [2.75, 3.05) is 16.8 Å². The molecule has 0 radical (unpaired) electrons. The zero-order chi connectivity index (χ0) is 14.3. The molecule has 3 rings (SSSR count). The van der Waals surface area contributed by atoms with Crippen LogP contribution in [0.25, 0.3) is 11.2 Å². The van der Waals surface area contributed by atoms with Gasteiger partial charge in [-0.15, -0.1) is 0 Å². The van der Waals surface area contributed by atoms with Gasteiger partial charge in [0.25, 0.3) is 5.56 Å². The molecule has 20 heavy (non-hydrogen) atoms. The van der Waals surface area contributed by atoms with E-state index in [2.05, 4.69) is 15.3 Å². The fraction of sp³-hybridized carbons (Fsp3) is 0.583. The lowest BCUT2D eigenvalue weighted by atomic mass is 10.2. The number of H-pyrrole nitrogens is 1. The number of hydrogen-bond acceptors (Lipinski definition) is 5. The van der Waals surface area contributed by atoms with Gasteiger partial charge in [0, 0.05) is 25.9 Å². The number of aromatic nitrogens is 4. The summed E-state index contributed by atoms with van der Waals surface area (Å²) in [6.07, 6.45) is 2.28. The smallest absolute Gasteiger partial charge is 0.332 e. The molecule has 0 spiro atoms. The van der Waals surface area contributed by atoms with Crippen LogP contribution in [0.2, 0.25) is 0 Å². The normalized spacial score (nSPS) is 19.4. The predicted octanol–water partition coefficient (Wildman–Crippen LogP) is 0.268. The monoisotopic (exact) mass is 295 g/mol. The molecule has 2 N–H and O–H groups in total. The molecule has 0 amide bonds. The Balaban J connectivity index is 2.02. The summed E-state index contributed by atoms with van der Waals surface area (Å²) in [7, 11) is 3.08. The van der Waals surface area contributed by atoms with E-state index in [9.17, 15) is 9.59 Å². The summed E-state index contributed by atoms with van der Waals surface area (Å²) in [4.78, 5) is 31.2. The quantitative estimate of drug-likeness (QED) is 0.830. The molecule has 108 valence electrons. The molecule has 8 heteroatoms. The fourth-order valence-corrected chi connectivity index (χ4v) is 3.51. The molecular formula is C12H17N5O2S. The molecule has 2 aromatic heterocycles. The Morgan fingerprint density at radius 3 is 2.85 bits per heavy atom. The van der Waals surface area contributed by atoms with E-state index in [1.54, 1.807) is 7.05 Å². The number of rotatable bonds is 2. The number of aromatic amines is 1. The van der Waals surface area contributed by atoms with Crippen molar-refractivity contribution in [2.45, 2.75) is 18.9 Å². The summed E-state index contributed by atoms with van der Waals surface area (Å²) in [6.45, 7) is 0. The number of aryl methyl sites for hydroxylation is 1. The van der Waals surface area contributed by atoms with Crippen LogP contribution in [0.5, 0.6) is 0 Å². The Hall–Kier alpha value is -1.70. The maximum absolute atomic E-state index is 12.1. The van der Waals surface area contributed by atoms with Crippen molar-refractivity contribution in [3.63, 3.8) is 0 Å². The number of hydrogen-bond donors (Lipinski definition) is 2. The van der Waals surface area contributed by atoms with Crippen LogP contribution in [-0.4, -0.2) is 36.6 Å². The number of fused-ring (bicyclic) bond motifs is 1. The topological polar surface area (TPSA) is 84.7 Å². The second-order valence-electron chi connectivity index (χ2n) is 5.05. The predicted molar refractivity (Wildman–Crippen MR) is 80.5 cm³/mol. The number of anilines is 1. The molecule has 1 aliphatic heterocycles. The second-order valence-corrected chi connectivity index (χ2v) is 6.20. The zero-order valence-electron chi connectivity index (χ0n) is 11.5. The van der Waals surface area contributed by atoms with E-state index in [4.69, 9.17) is 0 Å². The molecule has 0 saturated carbocycles. The van der Waals surface area contributed by atoms with Gasteiger partial charge in [0.2, 0.25) is 5.95 Å². The van der Waals surface area contributed by atoms with Crippen LogP contribution >= 0.6 is 11.8 Å². The highest BCUT2D eigenvalue weighted by atomic mass is 32.2. The number of nitrogens with one attached hydrogen (secondary N) is 2. The van der Waals surface area contributed by atoms with Gasteiger partial charge in [0.15, 0.2) is 11.2 Å². The Kier molecular flexibility index (Phi) is 3.33. The lowest BCUT2D eigenvalue weighted by Gasteiger charge is -2.21. The van der Waals surface area contributed by atoms with E-state index in [0.717, 1.165) is 16.7 Å². The number of imidazole rings is 1. The first-order chi connectivity index (χ1) is 9.58. The third-order valence-corrected chi connectivity index (χ3v) is 4.81. The van der Waals surface area contributed by atoms with E-state index in [-0.39, 0.29) is 11.2 Å². The minimum absolute atomic E-state index is 0.346. The van der Waals surface area contributed by atoms with Gasteiger partial charge < -0.3 is 10.3 Å². The van der Waals surface area contributed by atoms with Crippen molar-refractivity contribution in [2.24, 2.45) is 14.1 Å². The van der Waals surface area contributed by atoms with Gasteiger partial charge in [-0.05, 0) is 18.6 Å². The van der Waals surface area contributed by atoms with Gasteiger partial charge in [-0.25, -0.2) is 4.79 Å². The summed E-state index contributed by atoms with van der Waals surface area (Å²) in [5, 5.41) is 3.31. The highest BCUT2D eigenvalue weighted by molar-refractivity contribution is 7.99. The summed E-state index contributed by atoms with van der Waals surface area (Å²) in [5.41, 5.74) is 0.0417. The third-order valence-electron chi connectivity index (χ3n) is 3.60. The third kappa shape index (κ3) is 2.13. The molecule has 1 fully saturated rings. The van der Waals surface area contributed by atoms with Gasteiger partial charge >= 0.3 is 5.69 Å². The Bertz CT molecular complexity index is 754. The van der Waals surface area contributed by atoms with Crippen molar-refractivity contribution in [1.29, 1.82) is 0 Å². The van der Waals surface area contributed by atoms with E-state index in [1.165, 1.54) is 23.8 Å². The molecule has 1 atom stereocenters. The first-order valence-electron chi connectivity index (χ1n) is 6.58. The lowest BCUT2D eigenvalue weighted by Crippen LogP contribution is -2.36. The maximum Gasteiger partial charge on any atom is 0.332 e. The lowest BCUT2D eigenvalue weighted by molar-refractivity contribution is 0.680. The molecule has 0 aromatic carbocycles. The fourth-order valence-electron chi connectivity index (χ4n) is 2.44. The number of thioether (sulfide) groups is 1. The van der Waals surface area contributed by atoms with Crippen LogP contribution in [-0.2, 0) is 14.1 Å². The van der Waals surface area contributed by atoms with Crippen molar-refractivity contribution in [1.82, 2.24) is 19.1 Å². The highest BCUT2D eigenvalue weighted by Crippen LogP contribution is 2.20. The van der Waals surface area contributed by atoms with Crippen LogP contribution in [0.1, 0.15) is 12.8 Å². The average Bonchev–Trinajstić information content (AvgIpc) is 2.88. The molecule has 1 unspecified atom stereocenters. The Morgan fingerprint density at radius 2 is 2.15 bits per heavy atom. The van der Waals surface area contributed by atoms with Gasteiger partial charge in [0.05, 0.1) is 0 Å². The van der Waals surface area contributed by atoms with E-state index < -0.39 is 0 Å². The Labute approximate surface area is 119 Å². The molecule has 7 nitrogen and oxygen atoms in total. The summed E-state index contributed by atoms with van der Waals surface area (Å²) >= 11 is 1.92. The van der Waals surface area contributed by atoms with Crippen LogP contribution in [0.4, 0.5) is 5.95 Å². The Morgan fingerprint density at radius 1 is 1.35 bits per heavy atom. The van der Waals surface area contributed by atoms with E-state index in [0.29, 0.717) is 23.2 Å². The van der Waals surface area contributed by atoms with Crippen molar-refractivity contribution in [3.8, 4) is 0 Å². The van der Waals surface area contributed by atoms with Crippen LogP contribution in [0.15, 0.2) is 9.59 Å². The molecule has 0 bridgehead atoms. The molecule has 1 saturated heterocycles. The molecular weight excluding hydrogens is 278 g/mol. The number of nitrogens with zero attached hydrogens (tertiary/aromatic N) is 3. The minimum atomic E-state index is -0.367. The van der Waals surface area contributed by atoms with E-state index in [1.807, 2.05) is 11.8 Å². The summed E-state index contributed by atoms with van der Waals surface area (Å²) in [6, 6.07) is 0.357. The van der Waals surface area contributed by atoms with Gasteiger partial charge in [0.1, 0.15) is 0 Å². The van der Waals surface area contributed by atoms with Crippen LogP contribution in [0, 0.1) is 0 Å². The van der Waals surface area contributed by atoms with Crippen molar-refractivity contribution >= 4 is 28.9 Å². The average molecular weight is 295 g/mol. The summed E-state index contributed by atoms with van der Waals surface area (Å²) in [5.74, 6) is 2.80. The second kappa shape index (κ2) is 5.01. The van der Waals surface area contributed by atoms with Gasteiger partial charge in [-0.3, -0.25) is 13.9 Å². The van der Waals surface area contributed by atoms with Crippen molar-refractivity contribution < 1.29 is 0 Å². The zero-order valence-corrected chi connectivity index (χ0v) is 12.3. The largest absolute Gasteiger partial charge is 0.352 e. The highest BCUT2D eigenvalue weighted by Gasteiger charge is 2.17. The maximum atomic E-state index is 12.1. The molecule has 2 aromatic rings. The standard InChI is InChI=1S/C12H17N5O2S/c1-16-9-8(10(18)17(2)12(16)19)14-11(15-9)13-7-4-3-5-20-6-7/h7H,3-6H2,1-2H3,(H2,13,14,15). The van der Waals surface area contributed by atoms with Gasteiger partial charge in [-0.2, -0.15) is 16.7 Å². The van der Waals surface area contributed by atoms with Crippen LogP contribution < -0.4 is 16.6 Å². The molecule has 0 aliphatic carbocycles. The SMILES string of the molecule is Cn1c(=O)c2[nH]c(NC3CCCSC3)nc2n(C)c1=O. The summed E-state index contributed by atoms with van der Waals surface area (Å²) < 4.78 is 2.47. The molecule has 1 aliphatic rings. The van der Waals surface area contributed by atoms with Gasteiger partial charge in [-0.1, -0.05) is 0 Å². The van der Waals surface area contributed by atoms with Crippen molar-refractivity contribution in [3.05, 3.63) is 20.8 Å². The first kappa shape index (κ1) is 13.3. The molecule has 3 heterocycles. The minimum Gasteiger partial charge on any atom is -0.352 e.